The molecule has 6 nitrogen and oxygen atoms in total. The fraction of sp³-hybridized carbons (Fsp3) is 0.619. The quantitative estimate of drug-likeness (QED) is 0.731. The van der Waals surface area contributed by atoms with Gasteiger partial charge >= 0.3 is 12.3 Å². The van der Waals surface area contributed by atoms with E-state index in [1.165, 1.54) is 24.3 Å². The third-order valence-corrected chi connectivity index (χ3v) is 4.95. The Balaban J connectivity index is 1.91. The molecule has 0 bridgehead atoms. The molecule has 30 heavy (non-hydrogen) atoms. The fourth-order valence-corrected chi connectivity index (χ4v) is 2.91. The lowest BCUT2D eigenvalue weighted by Gasteiger charge is -2.38. The summed E-state index contributed by atoms with van der Waals surface area (Å²) < 4.78 is 48.0. The van der Waals surface area contributed by atoms with Crippen LogP contribution in [0.15, 0.2) is 24.3 Å². The number of carbonyl (C=O) groups is 2. The van der Waals surface area contributed by atoms with Gasteiger partial charge in [-0.15, -0.1) is 0 Å². The third-order valence-electron chi connectivity index (χ3n) is 4.95. The molecule has 1 N–H and O–H groups in total. The average molecular weight is 430 g/mol. The molecule has 1 fully saturated rings. The first-order valence-electron chi connectivity index (χ1n) is 9.82. The first-order chi connectivity index (χ1) is 13.7. The highest BCUT2D eigenvalue weighted by Crippen LogP contribution is 2.33. The van der Waals surface area contributed by atoms with Crippen molar-refractivity contribution in [2.75, 3.05) is 18.4 Å². The molecule has 1 unspecified atom stereocenters. The first kappa shape index (κ1) is 23.8. The number of alkyl halides is 3. The number of nitrogens with zero attached hydrogens (tertiary/aromatic N) is 1. The van der Waals surface area contributed by atoms with Crippen molar-refractivity contribution in [2.45, 2.75) is 65.3 Å². The Morgan fingerprint density at radius 1 is 1.10 bits per heavy atom. The average Bonchev–Trinajstić information content (AvgIpc) is 2.61. The van der Waals surface area contributed by atoms with Gasteiger partial charge in [0, 0.05) is 18.8 Å². The van der Waals surface area contributed by atoms with Crippen molar-refractivity contribution in [3.8, 4) is 5.75 Å². The summed E-state index contributed by atoms with van der Waals surface area (Å²) in [6.45, 7) is 8.96. The predicted molar refractivity (Wildman–Crippen MR) is 106 cm³/mol. The lowest BCUT2D eigenvalue weighted by Crippen LogP contribution is -2.48. The Hall–Kier alpha value is -2.45. The summed E-state index contributed by atoms with van der Waals surface area (Å²) in [6, 6.07) is 5.75. The molecule has 0 radical (unpaired) electrons. The number of carbonyl (C=O) groups excluding carboxylic acids is 2. The Labute approximate surface area is 174 Å². The Morgan fingerprint density at radius 2 is 1.63 bits per heavy atom. The number of hydrogen-bond acceptors (Lipinski definition) is 4. The molecule has 1 atom stereocenters. The molecule has 0 saturated carbocycles. The van der Waals surface area contributed by atoms with Crippen molar-refractivity contribution in [2.24, 2.45) is 5.41 Å². The summed E-state index contributed by atoms with van der Waals surface area (Å²) in [7, 11) is 0. The van der Waals surface area contributed by atoms with E-state index in [1.807, 2.05) is 6.92 Å². The maximum absolute atomic E-state index is 12.8. The lowest BCUT2D eigenvalue weighted by molar-refractivity contribution is -0.189. The van der Waals surface area contributed by atoms with E-state index in [4.69, 9.17) is 9.47 Å². The maximum Gasteiger partial charge on any atom is 0.425 e. The lowest BCUT2D eigenvalue weighted by atomic mass is 9.79. The van der Waals surface area contributed by atoms with E-state index >= 15 is 0 Å². The van der Waals surface area contributed by atoms with Gasteiger partial charge in [0.15, 0.2) is 6.10 Å². The summed E-state index contributed by atoms with van der Waals surface area (Å²) >= 11 is 0. The van der Waals surface area contributed by atoms with E-state index in [1.54, 1.807) is 25.7 Å². The van der Waals surface area contributed by atoms with Crippen LogP contribution in [0.25, 0.3) is 0 Å². The third kappa shape index (κ3) is 6.53. The minimum absolute atomic E-state index is 0.0645. The molecule has 2 rings (SSSR count). The molecule has 1 aromatic rings. The van der Waals surface area contributed by atoms with Crippen LogP contribution < -0.4 is 10.1 Å². The molecule has 2 amide bonds. The normalized spacial score (nSPS) is 17.8. The van der Waals surface area contributed by atoms with Crippen molar-refractivity contribution in [1.82, 2.24) is 4.90 Å². The molecular weight excluding hydrogens is 401 g/mol. The van der Waals surface area contributed by atoms with E-state index < -0.39 is 29.4 Å². The largest absolute Gasteiger partial charge is 0.481 e. The van der Waals surface area contributed by atoms with Crippen LogP contribution in [-0.4, -0.2) is 47.9 Å². The molecule has 1 aliphatic rings. The molecule has 9 heteroatoms. The van der Waals surface area contributed by atoms with Crippen molar-refractivity contribution in [3.05, 3.63) is 24.3 Å². The molecule has 0 spiro atoms. The number of nitrogens with one attached hydrogen (secondary N) is 1. The fourth-order valence-electron chi connectivity index (χ4n) is 2.91. The smallest absolute Gasteiger partial charge is 0.425 e. The highest BCUT2D eigenvalue weighted by atomic mass is 19.4. The van der Waals surface area contributed by atoms with Crippen molar-refractivity contribution >= 4 is 17.7 Å². The van der Waals surface area contributed by atoms with E-state index in [2.05, 4.69) is 5.32 Å². The molecule has 0 aliphatic carbocycles. The van der Waals surface area contributed by atoms with Gasteiger partial charge in [0.05, 0.1) is 5.41 Å². The molecular formula is C21H29F3N2O4. The molecule has 0 aromatic heterocycles. The van der Waals surface area contributed by atoms with Gasteiger partial charge in [0.1, 0.15) is 11.4 Å². The Bertz CT molecular complexity index is 749. The number of halogens is 3. The van der Waals surface area contributed by atoms with Crippen molar-refractivity contribution in [1.29, 1.82) is 0 Å². The van der Waals surface area contributed by atoms with E-state index in [-0.39, 0.29) is 11.7 Å². The molecule has 168 valence electrons. The Kier molecular flexibility index (Phi) is 6.94. The number of benzene rings is 1. The number of hydrogen-bond donors (Lipinski definition) is 1. The van der Waals surface area contributed by atoms with Gasteiger partial charge < -0.3 is 19.7 Å². The van der Waals surface area contributed by atoms with Crippen LogP contribution in [0, 0.1) is 5.41 Å². The van der Waals surface area contributed by atoms with Gasteiger partial charge in [-0.1, -0.05) is 6.92 Å². The topological polar surface area (TPSA) is 67.9 Å². The van der Waals surface area contributed by atoms with E-state index in [0.717, 1.165) is 6.92 Å². The summed E-state index contributed by atoms with van der Waals surface area (Å²) in [5.74, 6) is -0.140. The molecule has 1 heterocycles. The van der Waals surface area contributed by atoms with Crippen LogP contribution in [0.5, 0.6) is 5.75 Å². The molecule has 1 saturated heterocycles. The molecule has 1 aromatic carbocycles. The van der Waals surface area contributed by atoms with Crippen LogP contribution in [0.3, 0.4) is 0 Å². The van der Waals surface area contributed by atoms with Crippen LogP contribution >= 0.6 is 0 Å². The van der Waals surface area contributed by atoms with E-state index in [9.17, 15) is 22.8 Å². The standard InChI is InChI=1S/C21H29F3N2O4/c1-14(21(22,23)24)29-16-8-6-15(7-9-16)25-17(27)20(5)10-12-26(13-11-20)18(28)30-19(2,3)4/h6-9,14H,10-13H2,1-5H3,(H,25,27). The number of anilines is 1. The van der Waals surface area contributed by atoms with Gasteiger partial charge in [-0.3, -0.25) is 4.79 Å². The number of likely N-dealkylation sites (tertiary alicyclic amines) is 1. The van der Waals surface area contributed by atoms with Gasteiger partial charge in [-0.25, -0.2) is 4.79 Å². The van der Waals surface area contributed by atoms with Crippen LogP contribution in [0.1, 0.15) is 47.5 Å². The summed E-state index contributed by atoms with van der Waals surface area (Å²) in [5, 5.41) is 2.79. The Morgan fingerprint density at radius 3 is 2.10 bits per heavy atom. The number of amides is 2. The number of rotatable bonds is 4. The van der Waals surface area contributed by atoms with Gasteiger partial charge in [-0.05, 0) is 64.8 Å². The second-order valence-corrected chi connectivity index (χ2v) is 8.81. The highest BCUT2D eigenvalue weighted by molar-refractivity contribution is 5.95. The number of ether oxygens (including phenoxy) is 2. The van der Waals surface area contributed by atoms with Gasteiger partial charge in [-0.2, -0.15) is 13.2 Å². The maximum atomic E-state index is 12.8. The minimum Gasteiger partial charge on any atom is -0.481 e. The zero-order chi connectivity index (χ0) is 22.7. The van der Waals surface area contributed by atoms with Gasteiger partial charge in [0.25, 0.3) is 0 Å². The summed E-state index contributed by atoms with van der Waals surface area (Å²) in [5.41, 5.74) is -0.788. The zero-order valence-corrected chi connectivity index (χ0v) is 17.9. The second kappa shape index (κ2) is 8.73. The zero-order valence-electron chi connectivity index (χ0n) is 17.9. The SMILES string of the molecule is CC(Oc1ccc(NC(=O)C2(C)CCN(C(=O)OC(C)(C)C)CC2)cc1)C(F)(F)F. The predicted octanol–water partition coefficient (Wildman–Crippen LogP) is 4.99. The van der Waals surface area contributed by atoms with Crippen molar-refractivity contribution < 1.29 is 32.2 Å². The minimum atomic E-state index is -4.45. The van der Waals surface area contributed by atoms with Crippen LogP contribution in [-0.2, 0) is 9.53 Å². The molecule has 1 aliphatic heterocycles. The summed E-state index contributed by atoms with van der Waals surface area (Å²) in [6.07, 6.45) is -5.82. The van der Waals surface area contributed by atoms with Crippen LogP contribution in [0.4, 0.5) is 23.7 Å². The highest BCUT2D eigenvalue weighted by Gasteiger charge is 2.39. The number of piperidine rings is 1. The van der Waals surface area contributed by atoms with E-state index in [0.29, 0.717) is 31.6 Å². The van der Waals surface area contributed by atoms with Gasteiger partial charge in [0.2, 0.25) is 5.91 Å². The summed E-state index contributed by atoms with van der Waals surface area (Å²) in [4.78, 5) is 26.5. The van der Waals surface area contributed by atoms with Crippen molar-refractivity contribution in [3.63, 3.8) is 0 Å². The monoisotopic (exact) mass is 430 g/mol. The second-order valence-electron chi connectivity index (χ2n) is 8.81. The first-order valence-corrected chi connectivity index (χ1v) is 9.82. The van der Waals surface area contributed by atoms with Crippen LogP contribution in [0.2, 0.25) is 0 Å².